The van der Waals surface area contributed by atoms with Gasteiger partial charge in [-0.1, -0.05) is 75.0 Å². The molecule has 0 saturated heterocycles. The molecule has 2 aliphatic carbocycles. The van der Waals surface area contributed by atoms with Gasteiger partial charge in [0, 0.05) is 11.0 Å². The number of allylic oxidation sites excluding steroid dienone is 6. The van der Waals surface area contributed by atoms with Gasteiger partial charge in [0.1, 0.15) is 5.83 Å². The summed E-state index contributed by atoms with van der Waals surface area (Å²) in [5.41, 5.74) is 8.41. The lowest BCUT2D eigenvalue weighted by Crippen LogP contribution is -2.29. The minimum Gasteiger partial charge on any atom is -0.207 e. The molecule has 0 radical (unpaired) electrons. The van der Waals surface area contributed by atoms with E-state index in [0.29, 0.717) is 0 Å². The highest BCUT2D eigenvalue weighted by molar-refractivity contribution is 5.94. The monoisotopic (exact) mass is 356 g/mol. The van der Waals surface area contributed by atoms with Crippen molar-refractivity contribution in [2.24, 2.45) is 0 Å². The van der Waals surface area contributed by atoms with Gasteiger partial charge in [-0.15, -0.1) is 0 Å². The average Bonchev–Trinajstić information content (AvgIpc) is 2.67. The zero-order valence-electron chi connectivity index (χ0n) is 16.3. The maximum atomic E-state index is 14.8. The number of hydrogen-bond acceptors (Lipinski definition) is 0. The van der Waals surface area contributed by atoms with E-state index in [1.165, 1.54) is 22.3 Å². The van der Waals surface area contributed by atoms with Gasteiger partial charge in [-0.2, -0.15) is 0 Å². The Balaban J connectivity index is 1.98. The second-order valence-electron chi connectivity index (χ2n) is 7.84. The zero-order chi connectivity index (χ0) is 19.2. The highest BCUT2D eigenvalue weighted by Crippen LogP contribution is 2.53. The second kappa shape index (κ2) is 6.49. The lowest BCUT2D eigenvalue weighted by atomic mass is 9.63. The summed E-state index contributed by atoms with van der Waals surface area (Å²) in [4.78, 5) is 0. The van der Waals surface area contributed by atoms with Crippen LogP contribution in [0.5, 0.6) is 0 Å². The lowest BCUT2D eigenvalue weighted by Gasteiger charge is -2.40. The smallest absolute Gasteiger partial charge is 0.123 e. The molecule has 0 atom stereocenters. The van der Waals surface area contributed by atoms with Gasteiger partial charge < -0.3 is 0 Å². The molecule has 2 aromatic rings. The molecule has 0 N–H and O–H groups in total. The first-order valence-electron chi connectivity index (χ1n) is 9.61. The maximum absolute atomic E-state index is 14.8. The fraction of sp³-hybridized carbons (Fsp3) is 0.231. The Kier molecular flexibility index (Phi) is 4.26. The van der Waals surface area contributed by atoms with Gasteiger partial charge in [0.25, 0.3) is 0 Å². The molecule has 136 valence electrons. The third kappa shape index (κ3) is 2.65. The van der Waals surface area contributed by atoms with Crippen molar-refractivity contribution in [3.63, 3.8) is 0 Å². The number of rotatable bonds is 2. The molecule has 0 heterocycles. The van der Waals surface area contributed by atoms with Crippen molar-refractivity contribution in [2.75, 3.05) is 0 Å². The van der Waals surface area contributed by atoms with Gasteiger partial charge in [-0.3, -0.25) is 0 Å². The van der Waals surface area contributed by atoms with E-state index in [0.717, 1.165) is 35.1 Å². The molecule has 2 aromatic carbocycles. The minimum atomic E-state index is -0.377. The van der Waals surface area contributed by atoms with Crippen LogP contribution in [0.25, 0.3) is 11.1 Å². The molecule has 4 rings (SSSR count). The van der Waals surface area contributed by atoms with Crippen molar-refractivity contribution in [3.8, 4) is 0 Å². The Labute approximate surface area is 161 Å². The number of hydrogen-bond donors (Lipinski definition) is 0. The summed E-state index contributed by atoms with van der Waals surface area (Å²) in [5, 5.41) is 0. The summed E-state index contributed by atoms with van der Waals surface area (Å²) >= 11 is 0. The zero-order valence-corrected chi connectivity index (χ0v) is 16.3. The van der Waals surface area contributed by atoms with Crippen LogP contribution in [0.4, 0.5) is 4.39 Å². The molecule has 0 aliphatic heterocycles. The molecule has 0 unspecified atom stereocenters. The van der Waals surface area contributed by atoms with Crippen LogP contribution in [0.1, 0.15) is 55.9 Å². The predicted molar refractivity (Wildman–Crippen MR) is 113 cm³/mol. The van der Waals surface area contributed by atoms with Gasteiger partial charge in [-0.25, -0.2) is 4.39 Å². The Bertz CT molecular complexity index is 1010. The average molecular weight is 356 g/mol. The Morgan fingerprint density at radius 1 is 1.07 bits per heavy atom. The fourth-order valence-electron chi connectivity index (χ4n) is 4.70. The van der Waals surface area contributed by atoms with E-state index in [1.807, 2.05) is 6.07 Å². The van der Waals surface area contributed by atoms with Crippen LogP contribution in [0, 0.1) is 0 Å². The Morgan fingerprint density at radius 2 is 1.81 bits per heavy atom. The van der Waals surface area contributed by atoms with Crippen LogP contribution < -0.4 is 0 Å². The lowest BCUT2D eigenvalue weighted by molar-refractivity contribution is 0.533. The number of fused-ring (bicyclic) bond motifs is 1. The predicted octanol–water partition coefficient (Wildman–Crippen LogP) is 7.39. The SMILES string of the molecule is C=C1C2=C(C(F)=CCC2)C(C)(C)c2cccc(/C(=C\C)c3ccccc3)c21. The van der Waals surface area contributed by atoms with Gasteiger partial charge in [0.15, 0.2) is 0 Å². The Morgan fingerprint density at radius 3 is 2.52 bits per heavy atom. The summed E-state index contributed by atoms with van der Waals surface area (Å²) in [7, 11) is 0. The van der Waals surface area contributed by atoms with Crippen molar-refractivity contribution >= 4 is 11.1 Å². The molecule has 2 aliphatic rings. The van der Waals surface area contributed by atoms with E-state index >= 15 is 0 Å². The number of halogens is 1. The van der Waals surface area contributed by atoms with Crippen molar-refractivity contribution in [1.82, 2.24) is 0 Å². The molecule has 1 heteroatoms. The Hall–Kier alpha value is -2.67. The van der Waals surface area contributed by atoms with Gasteiger partial charge in [0.2, 0.25) is 0 Å². The molecule has 0 saturated carbocycles. The van der Waals surface area contributed by atoms with Crippen molar-refractivity contribution < 1.29 is 4.39 Å². The van der Waals surface area contributed by atoms with Gasteiger partial charge in [-0.05, 0) is 64.8 Å². The molecule has 0 nitrogen and oxygen atoms in total. The van der Waals surface area contributed by atoms with E-state index in [-0.39, 0.29) is 11.2 Å². The van der Waals surface area contributed by atoms with Crippen molar-refractivity contribution in [2.45, 2.75) is 39.0 Å². The largest absolute Gasteiger partial charge is 0.207 e. The van der Waals surface area contributed by atoms with Crippen molar-refractivity contribution in [1.29, 1.82) is 0 Å². The molecule has 0 amide bonds. The molecular weight excluding hydrogens is 331 g/mol. The molecule has 0 spiro atoms. The molecule has 0 bridgehead atoms. The summed E-state index contributed by atoms with van der Waals surface area (Å²) < 4.78 is 14.8. The van der Waals surface area contributed by atoms with Crippen LogP contribution in [0.3, 0.4) is 0 Å². The molecule has 27 heavy (non-hydrogen) atoms. The van der Waals surface area contributed by atoms with E-state index in [2.05, 4.69) is 75.9 Å². The third-order valence-electron chi connectivity index (χ3n) is 5.95. The topological polar surface area (TPSA) is 0 Å². The first kappa shape index (κ1) is 17.7. The third-order valence-corrected chi connectivity index (χ3v) is 5.95. The van der Waals surface area contributed by atoms with E-state index < -0.39 is 0 Å². The first-order valence-corrected chi connectivity index (χ1v) is 9.61. The quantitative estimate of drug-likeness (QED) is 0.526. The minimum absolute atomic E-state index is 0.0761. The van der Waals surface area contributed by atoms with Gasteiger partial charge in [0.05, 0.1) is 0 Å². The number of benzene rings is 2. The highest BCUT2D eigenvalue weighted by Gasteiger charge is 2.40. The summed E-state index contributed by atoms with van der Waals surface area (Å²) in [5.74, 6) is -0.0761. The van der Waals surface area contributed by atoms with Crippen LogP contribution in [0.15, 0.2) is 84.2 Å². The summed E-state index contributed by atoms with van der Waals surface area (Å²) in [6.45, 7) is 10.8. The molecule has 0 aromatic heterocycles. The van der Waals surface area contributed by atoms with Crippen LogP contribution >= 0.6 is 0 Å². The summed E-state index contributed by atoms with van der Waals surface area (Å²) in [6.07, 6.45) is 5.49. The van der Waals surface area contributed by atoms with Crippen LogP contribution in [-0.4, -0.2) is 0 Å². The van der Waals surface area contributed by atoms with E-state index in [1.54, 1.807) is 6.08 Å². The molecule has 0 fully saturated rings. The van der Waals surface area contributed by atoms with Crippen LogP contribution in [0.2, 0.25) is 0 Å². The first-order chi connectivity index (χ1) is 13.0. The summed E-state index contributed by atoms with van der Waals surface area (Å²) in [6, 6.07) is 16.8. The van der Waals surface area contributed by atoms with Crippen molar-refractivity contribution in [3.05, 3.63) is 106 Å². The maximum Gasteiger partial charge on any atom is 0.123 e. The fourth-order valence-corrected chi connectivity index (χ4v) is 4.70. The van der Waals surface area contributed by atoms with E-state index in [4.69, 9.17) is 0 Å². The normalized spacial score (nSPS) is 18.7. The standard InChI is InChI=1S/C26H25F/c1-5-19(18-11-7-6-8-12-18)21-14-9-15-22-24(21)17(2)20-13-10-16-23(27)25(20)26(22,3)4/h5-9,11-12,14-16H,2,10,13H2,1,3-4H3/b19-5-. The molecular formula is C26H25F. The van der Waals surface area contributed by atoms with Crippen LogP contribution in [-0.2, 0) is 5.41 Å². The second-order valence-corrected chi connectivity index (χ2v) is 7.84. The van der Waals surface area contributed by atoms with E-state index in [9.17, 15) is 4.39 Å². The van der Waals surface area contributed by atoms with Gasteiger partial charge >= 0.3 is 0 Å². The highest BCUT2D eigenvalue weighted by atomic mass is 19.1.